The van der Waals surface area contributed by atoms with E-state index in [0.717, 1.165) is 19.3 Å². The summed E-state index contributed by atoms with van der Waals surface area (Å²) >= 11 is 0. The van der Waals surface area contributed by atoms with E-state index in [-0.39, 0.29) is 35.5 Å². The molecule has 5 amide bonds. The summed E-state index contributed by atoms with van der Waals surface area (Å²) in [6.07, 6.45) is 7.88. The van der Waals surface area contributed by atoms with Crippen LogP contribution in [-0.4, -0.2) is 89.6 Å². The molecule has 2 saturated carbocycles. The third-order valence-corrected chi connectivity index (χ3v) is 13.7. The van der Waals surface area contributed by atoms with Crippen molar-refractivity contribution in [2.75, 3.05) is 12.3 Å². The van der Waals surface area contributed by atoms with Gasteiger partial charge >= 0.3 is 6.03 Å². The number of likely N-dealkylation sites (tertiary alicyclic amines) is 1. The Morgan fingerprint density at radius 1 is 0.938 bits per heavy atom. The molecule has 48 heavy (non-hydrogen) atoms. The standard InChI is InChI=1S/C35H57N5O7S/c1-10-14-23(26(41)29(43)36-21-15-16-21)37-28(42)25-24-22(34(24,8)9)19-40(25)30(44)27(32(2,3)4)38-31(45)39-35(17-12-11-13-18-35)20-48(46,47)33(5,6)7/h15-16,21-25,27H,10-14,17-20H2,1-9H3,(H,36,43)(H,37,42)(H2,38,39,45). The van der Waals surface area contributed by atoms with Crippen molar-refractivity contribution in [3.05, 3.63) is 12.2 Å². The number of sulfone groups is 1. The fourth-order valence-electron chi connectivity index (χ4n) is 7.50. The average molecular weight is 692 g/mol. The summed E-state index contributed by atoms with van der Waals surface area (Å²) in [7, 11) is -3.56. The fraction of sp³-hybridized carbons (Fsp3) is 0.800. The van der Waals surface area contributed by atoms with Gasteiger partial charge in [-0.2, -0.15) is 0 Å². The highest BCUT2D eigenvalue weighted by atomic mass is 32.2. The van der Waals surface area contributed by atoms with Gasteiger partial charge in [0.2, 0.25) is 17.6 Å². The van der Waals surface area contributed by atoms with E-state index in [2.05, 4.69) is 35.1 Å². The molecule has 0 radical (unpaired) electrons. The summed E-state index contributed by atoms with van der Waals surface area (Å²) in [5.74, 6) is -2.67. The van der Waals surface area contributed by atoms with Crippen LogP contribution in [0.2, 0.25) is 0 Å². The maximum absolute atomic E-state index is 14.4. The van der Waals surface area contributed by atoms with Crippen molar-refractivity contribution in [2.24, 2.45) is 22.7 Å². The van der Waals surface area contributed by atoms with Gasteiger partial charge in [0.15, 0.2) is 9.84 Å². The number of hydrogen-bond donors (Lipinski definition) is 4. The summed E-state index contributed by atoms with van der Waals surface area (Å²) in [6, 6.07) is -3.81. The SMILES string of the molecule is CCCC(NC(=O)C1C2C(CN1C(=O)C(NC(=O)NC1(CS(=O)(=O)C(C)(C)C)CCCCC1)C(C)(C)C)C2(C)C)C(=O)C(=O)NC1C=C1. The van der Waals surface area contributed by atoms with Gasteiger partial charge in [-0.1, -0.05) is 79.4 Å². The van der Waals surface area contributed by atoms with Gasteiger partial charge in [0.25, 0.3) is 5.91 Å². The largest absolute Gasteiger partial charge is 0.344 e. The number of carbonyl (C=O) groups is 5. The topological polar surface area (TPSA) is 171 Å². The Kier molecular flexibility index (Phi) is 10.6. The first-order valence-electron chi connectivity index (χ1n) is 17.5. The van der Waals surface area contributed by atoms with Gasteiger partial charge in [0, 0.05) is 6.54 Å². The predicted octanol–water partition coefficient (Wildman–Crippen LogP) is 3.01. The highest BCUT2D eigenvalue weighted by Gasteiger charge is 2.70. The van der Waals surface area contributed by atoms with Crippen molar-refractivity contribution in [2.45, 2.75) is 142 Å². The minimum atomic E-state index is -3.56. The maximum atomic E-state index is 14.4. The van der Waals surface area contributed by atoms with Crippen LogP contribution in [0.5, 0.6) is 0 Å². The Hall–Kier alpha value is -2.96. The van der Waals surface area contributed by atoms with Crippen LogP contribution in [0.3, 0.4) is 0 Å². The number of urea groups is 1. The third kappa shape index (κ3) is 8.08. The van der Waals surface area contributed by atoms with Crippen molar-refractivity contribution >= 4 is 39.4 Å². The quantitative estimate of drug-likeness (QED) is 0.180. The molecule has 270 valence electrons. The average Bonchev–Trinajstić information content (AvgIpc) is 3.81. The molecule has 0 aromatic carbocycles. The second-order valence-electron chi connectivity index (χ2n) is 17.1. The summed E-state index contributed by atoms with van der Waals surface area (Å²) in [5, 5.41) is 11.3. The zero-order valence-corrected chi connectivity index (χ0v) is 31.0. The lowest BCUT2D eigenvalue weighted by Gasteiger charge is -2.41. The number of amides is 5. The lowest BCUT2D eigenvalue weighted by atomic mass is 9.83. The number of nitrogens with one attached hydrogen (secondary N) is 4. The first-order chi connectivity index (χ1) is 22.0. The van der Waals surface area contributed by atoms with Crippen LogP contribution < -0.4 is 21.3 Å². The van der Waals surface area contributed by atoms with E-state index in [0.29, 0.717) is 25.8 Å². The number of rotatable bonds is 12. The van der Waals surface area contributed by atoms with Crippen LogP contribution in [0.4, 0.5) is 4.79 Å². The maximum Gasteiger partial charge on any atom is 0.315 e. The zero-order chi connectivity index (χ0) is 36.0. The van der Waals surface area contributed by atoms with Crippen molar-refractivity contribution in [1.29, 1.82) is 0 Å². The Balaban J connectivity index is 1.54. The van der Waals surface area contributed by atoms with Gasteiger partial charge < -0.3 is 26.2 Å². The number of ketones is 1. The van der Waals surface area contributed by atoms with Crippen LogP contribution in [0.1, 0.15) is 107 Å². The Morgan fingerprint density at radius 2 is 1.54 bits per heavy atom. The van der Waals surface area contributed by atoms with Crippen molar-refractivity contribution in [1.82, 2.24) is 26.2 Å². The van der Waals surface area contributed by atoms with Crippen molar-refractivity contribution in [3.63, 3.8) is 0 Å². The Morgan fingerprint density at radius 3 is 2.06 bits per heavy atom. The normalized spacial score (nSPS) is 25.7. The summed E-state index contributed by atoms with van der Waals surface area (Å²) in [4.78, 5) is 69.2. The van der Waals surface area contributed by atoms with Crippen LogP contribution in [0.15, 0.2) is 12.2 Å². The third-order valence-electron chi connectivity index (χ3n) is 10.9. The first-order valence-corrected chi connectivity index (χ1v) is 19.1. The molecule has 5 unspecified atom stereocenters. The number of piperidine rings is 1. The Bertz CT molecular complexity index is 1430. The fourth-order valence-corrected chi connectivity index (χ4v) is 9.02. The summed E-state index contributed by atoms with van der Waals surface area (Å²) in [5.41, 5.74) is -1.92. The molecule has 4 rings (SSSR count). The number of fused-ring (bicyclic) bond motifs is 1. The molecule has 4 aliphatic rings. The van der Waals surface area contributed by atoms with E-state index in [9.17, 15) is 32.4 Å². The molecule has 4 N–H and O–H groups in total. The van der Waals surface area contributed by atoms with Crippen LogP contribution in [0, 0.1) is 22.7 Å². The van der Waals surface area contributed by atoms with E-state index in [1.807, 2.05) is 27.7 Å². The molecule has 13 heteroatoms. The van der Waals surface area contributed by atoms with Crippen molar-refractivity contribution < 1.29 is 32.4 Å². The van der Waals surface area contributed by atoms with Crippen LogP contribution >= 0.6 is 0 Å². The molecule has 0 bridgehead atoms. The number of carbonyl (C=O) groups excluding carboxylic acids is 5. The molecule has 0 aromatic rings. The van der Waals surface area contributed by atoms with Crippen LogP contribution in [0.25, 0.3) is 0 Å². The Labute approximate surface area is 286 Å². The molecular formula is C35H57N5O7S. The predicted molar refractivity (Wildman–Crippen MR) is 183 cm³/mol. The molecule has 3 aliphatic carbocycles. The van der Waals surface area contributed by atoms with E-state index in [1.54, 1.807) is 32.9 Å². The van der Waals surface area contributed by atoms with E-state index >= 15 is 0 Å². The molecule has 12 nitrogen and oxygen atoms in total. The molecular weight excluding hydrogens is 634 g/mol. The first kappa shape index (κ1) is 37.9. The number of Topliss-reactive ketones (excluding diaryl/α,β-unsaturated/α-hetero) is 1. The number of nitrogens with zero attached hydrogens (tertiary/aromatic N) is 1. The lowest BCUT2D eigenvalue weighted by Crippen LogP contribution is -2.64. The van der Waals surface area contributed by atoms with E-state index < -0.39 is 73.2 Å². The molecule has 0 spiro atoms. The summed E-state index contributed by atoms with van der Waals surface area (Å²) in [6.45, 7) is 16.7. The van der Waals surface area contributed by atoms with Crippen LogP contribution in [-0.2, 0) is 29.0 Å². The van der Waals surface area contributed by atoms with Gasteiger partial charge in [-0.05, 0) is 62.7 Å². The zero-order valence-electron chi connectivity index (χ0n) is 30.2. The van der Waals surface area contributed by atoms with E-state index in [4.69, 9.17) is 0 Å². The second-order valence-corrected chi connectivity index (χ2v) is 19.8. The second kappa shape index (κ2) is 13.4. The summed E-state index contributed by atoms with van der Waals surface area (Å²) < 4.78 is 25.6. The van der Waals surface area contributed by atoms with Gasteiger partial charge in [-0.15, -0.1) is 0 Å². The molecule has 1 heterocycles. The van der Waals surface area contributed by atoms with Crippen molar-refractivity contribution in [3.8, 4) is 0 Å². The van der Waals surface area contributed by atoms with Gasteiger partial charge in [-0.25, -0.2) is 13.2 Å². The monoisotopic (exact) mass is 691 g/mol. The molecule has 1 saturated heterocycles. The van der Waals surface area contributed by atoms with Gasteiger partial charge in [-0.3, -0.25) is 19.2 Å². The van der Waals surface area contributed by atoms with Gasteiger partial charge in [0.05, 0.1) is 28.1 Å². The minimum Gasteiger partial charge on any atom is -0.344 e. The lowest BCUT2D eigenvalue weighted by molar-refractivity contribution is -0.145. The molecule has 0 aromatic heterocycles. The molecule has 5 atom stereocenters. The van der Waals surface area contributed by atoms with E-state index in [1.165, 1.54) is 4.90 Å². The molecule has 1 aliphatic heterocycles. The smallest absolute Gasteiger partial charge is 0.315 e. The molecule has 3 fully saturated rings. The number of hydrogen-bond acceptors (Lipinski definition) is 7. The highest BCUT2D eigenvalue weighted by Crippen LogP contribution is 2.65. The van der Waals surface area contributed by atoms with Gasteiger partial charge in [0.1, 0.15) is 12.1 Å². The minimum absolute atomic E-state index is 0.0596. The highest BCUT2D eigenvalue weighted by molar-refractivity contribution is 7.92.